The number of carbonyl (C=O) groups is 1. The van der Waals surface area contributed by atoms with Gasteiger partial charge < -0.3 is 14.7 Å². The van der Waals surface area contributed by atoms with Gasteiger partial charge in [-0.1, -0.05) is 6.07 Å². The predicted molar refractivity (Wildman–Crippen MR) is 101 cm³/mol. The fourth-order valence-electron chi connectivity index (χ4n) is 4.49. The van der Waals surface area contributed by atoms with Gasteiger partial charge in [-0.25, -0.2) is 13.2 Å². The molecule has 1 saturated heterocycles. The number of likely N-dealkylation sites (N-methyl/N-ethyl adjacent to an activating group) is 1. The first-order valence-corrected chi connectivity index (χ1v) is 10.6. The van der Waals surface area contributed by atoms with E-state index in [-0.39, 0.29) is 28.5 Å². The first kappa shape index (κ1) is 20.3. The van der Waals surface area contributed by atoms with Gasteiger partial charge in [0.05, 0.1) is 16.6 Å². The van der Waals surface area contributed by atoms with Crippen LogP contribution < -0.4 is 0 Å². The minimum atomic E-state index is -3.73. The molecule has 1 aromatic rings. The first-order chi connectivity index (χ1) is 12.6. The highest BCUT2D eigenvalue weighted by Gasteiger charge is 2.46. The molecule has 2 fully saturated rings. The summed E-state index contributed by atoms with van der Waals surface area (Å²) in [7, 11) is 2.04. The summed E-state index contributed by atoms with van der Waals surface area (Å²) in [5, 5.41) is 9.21. The molecule has 27 heavy (non-hydrogen) atoms. The van der Waals surface area contributed by atoms with Crippen molar-refractivity contribution in [2.75, 3.05) is 34.3 Å². The molecule has 150 valence electrons. The Balaban J connectivity index is 1.86. The molecular formula is C19H28N2O5S. The lowest BCUT2D eigenvalue weighted by atomic mass is 9.77. The number of aryl methyl sites for hydroxylation is 1. The first-order valence-electron chi connectivity index (χ1n) is 9.18. The molecule has 1 heterocycles. The maximum absolute atomic E-state index is 13.2. The van der Waals surface area contributed by atoms with Crippen LogP contribution in [0.4, 0.5) is 0 Å². The number of nitrogens with zero attached hydrogens (tertiary/aromatic N) is 2. The van der Waals surface area contributed by atoms with E-state index in [1.165, 1.54) is 16.4 Å². The SMILES string of the molecule is CO[C@@H]1C[C@H]2CN(S(=O)(=O)c3cc(C(=O)O)ccc3C)C[C@H]2C[C@H]1N(C)C. The highest BCUT2D eigenvalue weighted by atomic mass is 32.2. The van der Waals surface area contributed by atoms with Gasteiger partial charge in [0.2, 0.25) is 10.0 Å². The van der Waals surface area contributed by atoms with Crippen LogP contribution in [0.25, 0.3) is 0 Å². The van der Waals surface area contributed by atoms with Crippen molar-refractivity contribution in [2.24, 2.45) is 11.8 Å². The largest absolute Gasteiger partial charge is 0.478 e. The van der Waals surface area contributed by atoms with Gasteiger partial charge in [0.25, 0.3) is 0 Å². The Morgan fingerprint density at radius 3 is 2.41 bits per heavy atom. The maximum atomic E-state index is 13.2. The summed E-state index contributed by atoms with van der Waals surface area (Å²) in [5.74, 6) is -0.566. The lowest BCUT2D eigenvalue weighted by Crippen LogP contribution is -2.47. The third-order valence-electron chi connectivity index (χ3n) is 6.07. The number of carboxylic acid groups (broad SMARTS) is 1. The molecule has 2 aliphatic rings. The van der Waals surface area contributed by atoms with E-state index in [9.17, 15) is 18.3 Å². The number of carboxylic acids is 1. The Bertz CT molecular complexity index is 823. The number of ether oxygens (including phenoxy) is 1. The summed E-state index contributed by atoms with van der Waals surface area (Å²) >= 11 is 0. The van der Waals surface area contributed by atoms with Crippen molar-refractivity contribution in [2.45, 2.75) is 36.8 Å². The van der Waals surface area contributed by atoms with E-state index in [2.05, 4.69) is 4.90 Å². The molecule has 0 aromatic heterocycles. The van der Waals surface area contributed by atoms with Crippen LogP contribution in [0.2, 0.25) is 0 Å². The molecule has 1 aliphatic heterocycles. The van der Waals surface area contributed by atoms with Gasteiger partial charge in [0, 0.05) is 26.2 Å². The van der Waals surface area contributed by atoms with E-state index in [1.807, 2.05) is 14.1 Å². The van der Waals surface area contributed by atoms with Crippen LogP contribution in [0.1, 0.15) is 28.8 Å². The number of fused-ring (bicyclic) bond motifs is 1. The number of benzene rings is 1. The van der Waals surface area contributed by atoms with Crippen molar-refractivity contribution >= 4 is 16.0 Å². The normalized spacial score (nSPS) is 29.1. The van der Waals surface area contributed by atoms with Gasteiger partial charge in [-0.15, -0.1) is 0 Å². The van der Waals surface area contributed by atoms with Crippen LogP contribution in [0, 0.1) is 18.8 Å². The smallest absolute Gasteiger partial charge is 0.335 e. The summed E-state index contributed by atoms with van der Waals surface area (Å²) in [5.41, 5.74) is 0.554. The van der Waals surface area contributed by atoms with Crippen molar-refractivity contribution < 1.29 is 23.1 Å². The second-order valence-corrected chi connectivity index (χ2v) is 9.81. The third kappa shape index (κ3) is 3.76. The second-order valence-electron chi connectivity index (χ2n) is 7.90. The highest BCUT2D eigenvalue weighted by Crippen LogP contribution is 2.40. The molecule has 7 nitrogen and oxygen atoms in total. The quantitative estimate of drug-likeness (QED) is 0.815. The Labute approximate surface area is 161 Å². The average molecular weight is 397 g/mol. The molecule has 0 spiro atoms. The topological polar surface area (TPSA) is 87.1 Å². The molecule has 8 heteroatoms. The van der Waals surface area contributed by atoms with E-state index in [0.29, 0.717) is 24.6 Å². The number of hydrogen-bond donors (Lipinski definition) is 1. The number of aromatic carboxylic acids is 1. The summed E-state index contributed by atoms with van der Waals surface area (Å²) in [6, 6.07) is 4.54. The molecular weight excluding hydrogens is 368 g/mol. The summed E-state index contributed by atoms with van der Waals surface area (Å²) in [4.78, 5) is 13.5. The van der Waals surface area contributed by atoms with Crippen LogP contribution in [-0.2, 0) is 14.8 Å². The zero-order chi connectivity index (χ0) is 19.9. The molecule has 1 N–H and O–H groups in total. The second kappa shape index (κ2) is 7.50. The Morgan fingerprint density at radius 1 is 1.22 bits per heavy atom. The van der Waals surface area contributed by atoms with E-state index in [4.69, 9.17) is 4.74 Å². The fraction of sp³-hybridized carbons (Fsp3) is 0.632. The lowest BCUT2D eigenvalue weighted by Gasteiger charge is -2.40. The van der Waals surface area contributed by atoms with Crippen molar-refractivity contribution in [3.63, 3.8) is 0 Å². The van der Waals surface area contributed by atoms with Crippen LogP contribution in [-0.4, -0.2) is 75.1 Å². The van der Waals surface area contributed by atoms with Gasteiger partial charge >= 0.3 is 5.97 Å². The molecule has 1 saturated carbocycles. The lowest BCUT2D eigenvalue weighted by molar-refractivity contribution is -0.0209. The number of hydrogen-bond acceptors (Lipinski definition) is 5. The maximum Gasteiger partial charge on any atom is 0.335 e. The van der Waals surface area contributed by atoms with Gasteiger partial charge in [-0.05, 0) is 63.4 Å². The van der Waals surface area contributed by atoms with E-state index >= 15 is 0 Å². The standard InChI is InChI=1S/C19H28N2O5S/c1-12-5-6-13(19(22)23)9-18(12)27(24,25)21-10-14-7-16(20(2)3)17(26-4)8-15(14)11-21/h5-6,9,14-17H,7-8,10-11H2,1-4H3,(H,22,23)/t14-,15+,16-,17-/m1/s1. The summed E-state index contributed by atoms with van der Waals surface area (Å²) in [6.45, 7) is 2.64. The van der Waals surface area contributed by atoms with Gasteiger partial charge in [0.1, 0.15) is 0 Å². The van der Waals surface area contributed by atoms with E-state index in [1.54, 1.807) is 20.1 Å². The number of methoxy groups -OCH3 is 1. The van der Waals surface area contributed by atoms with E-state index in [0.717, 1.165) is 12.8 Å². The average Bonchev–Trinajstić information content (AvgIpc) is 3.04. The zero-order valence-electron chi connectivity index (χ0n) is 16.3. The monoisotopic (exact) mass is 396 g/mol. The molecule has 0 unspecified atom stereocenters. The van der Waals surface area contributed by atoms with Crippen LogP contribution in [0.3, 0.4) is 0 Å². The summed E-state index contributed by atoms with van der Waals surface area (Å²) < 4.78 is 33.7. The molecule has 0 bridgehead atoms. The van der Waals surface area contributed by atoms with Crippen LogP contribution in [0.15, 0.2) is 23.1 Å². The fourth-order valence-corrected chi connectivity index (χ4v) is 6.29. The number of rotatable bonds is 5. The Morgan fingerprint density at radius 2 is 1.85 bits per heavy atom. The molecule has 1 aliphatic carbocycles. The molecule has 0 radical (unpaired) electrons. The van der Waals surface area contributed by atoms with Gasteiger partial charge in [-0.2, -0.15) is 4.31 Å². The molecule has 0 amide bonds. The van der Waals surface area contributed by atoms with Gasteiger partial charge in [0.15, 0.2) is 0 Å². The van der Waals surface area contributed by atoms with Crippen molar-refractivity contribution in [3.05, 3.63) is 29.3 Å². The van der Waals surface area contributed by atoms with Gasteiger partial charge in [-0.3, -0.25) is 0 Å². The minimum Gasteiger partial charge on any atom is -0.478 e. The summed E-state index contributed by atoms with van der Waals surface area (Å²) in [6.07, 6.45) is 1.83. The van der Waals surface area contributed by atoms with Crippen LogP contribution in [0.5, 0.6) is 0 Å². The minimum absolute atomic E-state index is 0.0112. The molecule has 4 atom stereocenters. The van der Waals surface area contributed by atoms with Crippen molar-refractivity contribution in [1.29, 1.82) is 0 Å². The van der Waals surface area contributed by atoms with E-state index < -0.39 is 16.0 Å². The van der Waals surface area contributed by atoms with Crippen LogP contribution >= 0.6 is 0 Å². The zero-order valence-corrected chi connectivity index (χ0v) is 17.1. The Hall–Kier alpha value is -1.48. The Kier molecular flexibility index (Phi) is 5.63. The third-order valence-corrected chi connectivity index (χ3v) is 8.04. The molecule has 3 rings (SSSR count). The number of sulfonamides is 1. The van der Waals surface area contributed by atoms with Crippen molar-refractivity contribution in [3.8, 4) is 0 Å². The van der Waals surface area contributed by atoms with Crippen molar-refractivity contribution in [1.82, 2.24) is 9.21 Å². The highest BCUT2D eigenvalue weighted by molar-refractivity contribution is 7.89. The molecule has 1 aromatic carbocycles. The predicted octanol–water partition coefficient (Wildman–Crippen LogP) is 1.67.